The Labute approximate surface area is 146 Å². The summed E-state index contributed by atoms with van der Waals surface area (Å²) in [4.78, 5) is 12.1. The summed E-state index contributed by atoms with van der Waals surface area (Å²) in [6.07, 6.45) is -4.69. The van der Waals surface area contributed by atoms with Crippen molar-refractivity contribution in [3.63, 3.8) is 0 Å². The summed E-state index contributed by atoms with van der Waals surface area (Å²) >= 11 is 5.65. The predicted octanol–water partition coefficient (Wildman–Crippen LogP) is 3.52. The van der Waals surface area contributed by atoms with E-state index < -0.39 is 29.3 Å². The quantitative estimate of drug-likeness (QED) is 0.865. The van der Waals surface area contributed by atoms with Crippen LogP contribution in [0.15, 0.2) is 18.2 Å². The van der Waals surface area contributed by atoms with Crippen LogP contribution in [0.5, 0.6) is 11.5 Å². The second kappa shape index (κ2) is 7.22. The number of rotatable bonds is 5. The van der Waals surface area contributed by atoms with Crippen molar-refractivity contribution in [3.05, 3.63) is 34.6 Å². The van der Waals surface area contributed by atoms with Crippen molar-refractivity contribution in [2.45, 2.75) is 19.6 Å². The first kappa shape index (κ1) is 18.9. The van der Waals surface area contributed by atoms with Gasteiger partial charge in [-0.15, -0.1) is 0 Å². The van der Waals surface area contributed by atoms with Gasteiger partial charge in [0.1, 0.15) is 18.0 Å². The molecule has 2 aromatic rings. The number of aromatic nitrogens is 2. The number of alkyl halides is 3. The van der Waals surface area contributed by atoms with Crippen LogP contribution in [0.4, 0.5) is 18.9 Å². The number of benzene rings is 1. The zero-order valence-corrected chi connectivity index (χ0v) is 14.3. The topological polar surface area (TPSA) is 65.4 Å². The van der Waals surface area contributed by atoms with E-state index in [2.05, 4.69) is 10.4 Å². The fourth-order valence-electron chi connectivity index (χ4n) is 2.09. The maximum Gasteiger partial charge on any atom is 0.436 e. The van der Waals surface area contributed by atoms with Crippen LogP contribution >= 0.6 is 11.6 Å². The van der Waals surface area contributed by atoms with Crippen molar-refractivity contribution in [1.82, 2.24) is 9.78 Å². The molecule has 0 spiro atoms. The summed E-state index contributed by atoms with van der Waals surface area (Å²) in [6, 6.07) is 4.73. The average molecular weight is 378 g/mol. The smallest absolute Gasteiger partial charge is 0.436 e. The highest BCUT2D eigenvalue weighted by atomic mass is 35.5. The molecule has 1 heterocycles. The van der Waals surface area contributed by atoms with Crippen molar-refractivity contribution < 1.29 is 27.4 Å². The number of carbonyl (C=O) groups excluding carboxylic acids is 1. The summed E-state index contributed by atoms with van der Waals surface area (Å²) in [5, 5.41) is 5.41. The lowest BCUT2D eigenvalue weighted by Gasteiger charge is -2.12. The Bertz CT molecular complexity index is 790. The van der Waals surface area contributed by atoms with Crippen LogP contribution < -0.4 is 14.8 Å². The standard InChI is InChI=1S/C15H15ClF3N3O3/c1-8-13(16)14(15(17,18)19)21-22(8)7-12(23)20-10-5-4-9(24-2)6-11(10)25-3/h4-6H,7H2,1-3H3,(H,20,23). The van der Waals surface area contributed by atoms with E-state index >= 15 is 0 Å². The van der Waals surface area contributed by atoms with Crippen LogP contribution in [0.2, 0.25) is 5.02 Å². The Morgan fingerprint density at radius 3 is 2.52 bits per heavy atom. The number of carbonyl (C=O) groups is 1. The minimum Gasteiger partial charge on any atom is -0.497 e. The van der Waals surface area contributed by atoms with Gasteiger partial charge in [0.15, 0.2) is 5.69 Å². The first-order valence-electron chi connectivity index (χ1n) is 6.99. The largest absolute Gasteiger partial charge is 0.497 e. The molecule has 1 N–H and O–H groups in total. The van der Waals surface area contributed by atoms with E-state index in [1.54, 1.807) is 18.2 Å². The minimum absolute atomic E-state index is 0.0471. The maximum absolute atomic E-state index is 12.8. The van der Waals surface area contributed by atoms with E-state index in [1.807, 2.05) is 0 Å². The minimum atomic E-state index is -4.69. The van der Waals surface area contributed by atoms with Gasteiger partial charge in [0.05, 0.1) is 30.6 Å². The molecule has 0 fully saturated rings. The molecule has 1 aromatic heterocycles. The fraction of sp³-hybridized carbons (Fsp3) is 0.333. The van der Waals surface area contributed by atoms with E-state index in [9.17, 15) is 18.0 Å². The third-order valence-corrected chi connectivity index (χ3v) is 3.83. The van der Waals surface area contributed by atoms with Gasteiger partial charge in [0, 0.05) is 6.07 Å². The van der Waals surface area contributed by atoms with Crippen molar-refractivity contribution in [1.29, 1.82) is 0 Å². The molecular weight excluding hydrogens is 363 g/mol. The molecule has 0 saturated carbocycles. The van der Waals surface area contributed by atoms with E-state index in [1.165, 1.54) is 21.1 Å². The van der Waals surface area contributed by atoms with Crippen LogP contribution in [0.1, 0.15) is 11.4 Å². The number of anilines is 1. The van der Waals surface area contributed by atoms with E-state index in [0.717, 1.165) is 4.68 Å². The third kappa shape index (κ3) is 4.16. The average Bonchev–Trinajstić information content (AvgIpc) is 2.83. The van der Waals surface area contributed by atoms with Gasteiger partial charge in [0.25, 0.3) is 0 Å². The molecule has 25 heavy (non-hydrogen) atoms. The van der Waals surface area contributed by atoms with Gasteiger partial charge in [-0.2, -0.15) is 18.3 Å². The number of hydrogen-bond acceptors (Lipinski definition) is 4. The normalized spacial score (nSPS) is 11.3. The molecule has 0 unspecified atom stereocenters. The monoisotopic (exact) mass is 377 g/mol. The molecule has 0 aliphatic heterocycles. The molecule has 0 atom stereocenters. The fourth-order valence-corrected chi connectivity index (χ4v) is 2.33. The highest BCUT2D eigenvalue weighted by Crippen LogP contribution is 2.35. The molecule has 0 radical (unpaired) electrons. The zero-order valence-electron chi connectivity index (χ0n) is 13.6. The summed E-state index contributed by atoms with van der Waals surface area (Å²) < 4.78 is 49.5. The molecule has 0 aliphatic carbocycles. The van der Waals surface area contributed by atoms with E-state index in [0.29, 0.717) is 17.2 Å². The lowest BCUT2D eigenvalue weighted by atomic mass is 10.2. The summed E-state index contributed by atoms with van der Waals surface area (Å²) in [7, 11) is 2.90. The van der Waals surface area contributed by atoms with Gasteiger partial charge >= 0.3 is 6.18 Å². The molecule has 10 heteroatoms. The molecule has 0 saturated heterocycles. The first-order valence-corrected chi connectivity index (χ1v) is 7.37. The Morgan fingerprint density at radius 1 is 1.32 bits per heavy atom. The van der Waals surface area contributed by atoms with Gasteiger partial charge < -0.3 is 14.8 Å². The first-order chi connectivity index (χ1) is 11.7. The zero-order chi connectivity index (χ0) is 18.8. The number of halogens is 4. The lowest BCUT2D eigenvalue weighted by Crippen LogP contribution is -2.21. The molecule has 0 aliphatic rings. The molecule has 6 nitrogen and oxygen atoms in total. The molecule has 2 rings (SSSR count). The summed E-state index contributed by atoms with van der Waals surface area (Å²) in [5.74, 6) is 0.290. The Kier molecular flexibility index (Phi) is 5.46. The maximum atomic E-state index is 12.8. The van der Waals surface area contributed by atoms with Crippen LogP contribution in [0.3, 0.4) is 0 Å². The predicted molar refractivity (Wildman–Crippen MR) is 85.2 cm³/mol. The second-order valence-electron chi connectivity index (χ2n) is 5.02. The van der Waals surface area contributed by atoms with E-state index in [4.69, 9.17) is 21.1 Å². The SMILES string of the molecule is COc1ccc(NC(=O)Cn2nc(C(F)(F)F)c(Cl)c2C)c(OC)c1. The van der Waals surface area contributed by atoms with Crippen LogP contribution in [-0.2, 0) is 17.5 Å². The van der Waals surface area contributed by atoms with Gasteiger partial charge in [-0.05, 0) is 19.1 Å². The summed E-state index contributed by atoms with van der Waals surface area (Å²) in [6.45, 7) is 0.919. The lowest BCUT2D eigenvalue weighted by molar-refractivity contribution is -0.141. The van der Waals surface area contributed by atoms with Crippen molar-refractivity contribution in [2.75, 3.05) is 19.5 Å². The number of nitrogens with zero attached hydrogens (tertiary/aromatic N) is 2. The Balaban J connectivity index is 2.19. The molecule has 136 valence electrons. The molecular formula is C15H15ClF3N3O3. The van der Waals surface area contributed by atoms with Crippen molar-refractivity contribution >= 4 is 23.2 Å². The number of nitrogens with one attached hydrogen (secondary N) is 1. The Hall–Kier alpha value is -2.42. The molecule has 1 amide bonds. The summed E-state index contributed by atoms with van der Waals surface area (Å²) in [5.41, 5.74) is -0.826. The number of ether oxygens (including phenoxy) is 2. The highest BCUT2D eigenvalue weighted by Gasteiger charge is 2.38. The van der Waals surface area contributed by atoms with Gasteiger partial charge in [-0.3, -0.25) is 9.48 Å². The van der Waals surface area contributed by atoms with Gasteiger partial charge in [0.2, 0.25) is 5.91 Å². The van der Waals surface area contributed by atoms with Crippen LogP contribution in [0, 0.1) is 6.92 Å². The second-order valence-corrected chi connectivity index (χ2v) is 5.40. The van der Waals surface area contributed by atoms with Gasteiger partial charge in [-0.1, -0.05) is 11.6 Å². The van der Waals surface area contributed by atoms with E-state index in [-0.39, 0.29) is 5.69 Å². The number of amides is 1. The third-order valence-electron chi connectivity index (χ3n) is 3.38. The molecule has 1 aromatic carbocycles. The van der Waals surface area contributed by atoms with Crippen LogP contribution in [-0.4, -0.2) is 29.9 Å². The molecule has 0 bridgehead atoms. The Morgan fingerprint density at radius 2 is 2.00 bits per heavy atom. The number of methoxy groups -OCH3 is 2. The van der Waals surface area contributed by atoms with Crippen LogP contribution in [0.25, 0.3) is 0 Å². The highest BCUT2D eigenvalue weighted by molar-refractivity contribution is 6.32. The van der Waals surface area contributed by atoms with Crippen molar-refractivity contribution in [3.8, 4) is 11.5 Å². The number of hydrogen-bond donors (Lipinski definition) is 1. The van der Waals surface area contributed by atoms with Crippen molar-refractivity contribution in [2.24, 2.45) is 0 Å². The van der Waals surface area contributed by atoms with Gasteiger partial charge in [-0.25, -0.2) is 0 Å².